The normalized spacial score (nSPS) is 15.2. The number of aliphatic imine (C=N–C) groups is 1. The van der Waals surface area contributed by atoms with Gasteiger partial charge in [0.25, 0.3) is 0 Å². The molecule has 3 rings (SSSR count). The molecule has 2 aromatic rings. The first-order valence-electron chi connectivity index (χ1n) is 8.60. The van der Waals surface area contributed by atoms with Crippen molar-refractivity contribution >= 4 is 29.4 Å². The van der Waals surface area contributed by atoms with Crippen LogP contribution in [0.2, 0.25) is 5.02 Å². The van der Waals surface area contributed by atoms with Gasteiger partial charge in [0, 0.05) is 17.1 Å². The summed E-state index contributed by atoms with van der Waals surface area (Å²) in [5.74, 6) is -0.182. The summed E-state index contributed by atoms with van der Waals surface area (Å²) in [6.07, 6.45) is 1.75. The molecule has 0 amide bonds. The van der Waals surface area contributed by atoms with Gasteiger partial charge in [-0.2, -0.15) is 0 Å². The lowest BCUT2D eigenvalue weighted by Gasteiger charge is -2.12. The number of esters is 1. The molecule has 146 valence electrons. The van der Waals surface area contributed by atoms with Crippen molar-refractivity contribution in [2.75, 3.05) is 14.2 Å². The van der Waals surface area contributed by atoms with Gasteiger partial charge in [-0.05, 0) is 56.7 Å². The van der Waals surface area contributed by atoms with Gasteiger partial charge in [0.15, 0.2) is 5.76 Å². The smallest absolute Gasteiger partial charge is 0.343 e. The number of aliphatic hydroxyl groups is 1. The minimum atomic E-state index is -0.611. The van der Waals surface area contributed by atoms with E-state index >= 15 is 0 Å². The number of halogens is 1. The highest BCUT2D eigenvalue weighted by Crippen LogP contribution is 2.31. The number of ether oxygens (including phenoxy) is 2. The molecule has 0 bridgehead atoms. The number of rotatable bonds is 4. The van der Waals surface area contributed by atoms with Gasteiger partial charge in [0.2, 0.25) is 0 Å². The van der Waals surface area contributed by atoms with E-state index < -0.39 is 5.97 Å². The molecule has 0 saturated carbocycles. The van der Waals surface area contributed by atoms with Crippen LogP contribution in [0.25, 0.3) is 11.8 Å². The molecular weight excluding hydrogens is 380 g/mol. The van der Waals surface area contributed by atoms with Crippen molar-refractivity contribution in [3.8, 4) is 11.4 Å². The first-order chi connectivity index (χ1) is 13.3. The molecule has 28 heavy (non-hydrogen) atoms. The van der Waals surface area contributed by atoms with Crippen LogP contribution in [0.1, 0.15) is 23.9 Å². The number of hydrogen-bond acceptors (Lipinski definition) is 5. The Balaban J connectivity index is 2.06. The van der Waals surface area contributed by atoms with Crippen LogP contribution in [0.3, 0.4) is 0 Å². The van der Waals surface area contributed by atoms with Crippen molar-refractivity contribution in [1.82, 2.24) is 4.57 Å². The Hall–Kier alpha value is -2.99. The number of aryl methyl sites for hydroxylation is 1. The summed E-state index contributed by atoms with van der Waals surface area (Å²) >= 11 is 6.27. The molecule has 0 aliphatic carbocycles. The first-order valence-corrected chi connectivity index (χ1v) is 8.98. The molecule has 1 aromatic heterocycles. The maximum Gasteiger partial charge on any atom is 0.343 e. The van der Waals surface area contributed by atoms with Crippen LogP contribution in [-0.2, 0) is 9.53 Å². The van der Waals surface area contributed by atoms with Crippen LogP contribution in [0.4, 0.5) is 0 Å². The van der Waals surface area contributed by atoms with Crippen LogP contribution in [0.5, 0.6) is 5.75 Å². The highest BCUT2D eigenvalue weighted by molar-refractivity contribution is 6.32. The van der Waals surface area contributed by atoms with Crippen molar-refractivity contribution in [2.45, 2.75) is 20.8 Å². The van der Waals surface area contributed by atoms with Gasteiger partial charge in [0.05, 0.1) is 25.0 Å². The lowest BCUT2D eigenvalue weighted by molar-refractivity contribution is -0.135. The summed E-state index contributed by atoms with van der Waals surface area (Å²) in [6.45, 7) is 5.60. The molecule has 1 N–H and O–H groups in total. The van der Waals surface area contributed by atoms with E-state index in [1.807, 2.05) is 42.7 Å². The molecule has 0 radical (unpaired) electrons. The van der Waals surface area contributed by atoms with E-state index in [2.05, 4.69) is 4.99 Å². The topological polar surface area (TPSA) is 73.0 Å². The Labute approximate surface area is 168 Å². The Morgan fingerprint density at radius 3 is 2.54 bits per heavy atom. The number of aromatic nitrogens is 1. The number of carbonyl (C=O) groups excluding carboxylic acids is 1. The van der Waals surface area contributed by atoms with Crippen LogP contribution in [-0.4, -0.2) is 35.6 Å². The third-order valence-electron chi connectivity index (χ3n) is 4.67. The van der Waals surface area contributed by atoms with Gasteiger partial charge in [-0.3, -0.25) is 0 Å². The number of aliphatic hydroxyl groups excluding tert-OH is 1. The quantitative estimate of drug-likeness (QED) is 0.764. The second kappa shape index (κ2) is 7.56. The van der Waals surface area contributed by atoms with E-state index in [1.54, 1.807) is 20.1 Å². The Bertz CT molecular complexity index is 1060. The standard InChI is InChI=1S/C21H21ClN2O4/c1-11-8-14(9-17-20(25)19(12(2)23-17)21(26)28-5)13(3)24(11)15-6-7-18(27-4)16(22)10-15/h6-10,25H,1-5H3/b17-9-. The van der Waals surface area contributed by atoms with Crippen molar-refractivity contribution < 1.29 is 19.4 Å². The number of methoxy groups -OCH3 is 2. The van der Waals surface area contributed by atoms with Gasteiger partial charge in [-0.1, -0.05) is 11.6 Å². The lowest BCUT2D eigenvalue weighted by Crippen LogP contribution is -2.11. The van der Waals surface area contributed by atoms with E-state index in [1.165, 1.54) is 7.11 Å². The molecule has 1 aliphatic rings. The highest BCUT2D eigenvalue weighted by atomic mass is 35.5. The zero-order chi connectivity index (χ0) is 20.6. The number of benzene rings is 1. The van der Waals surface area contributed by atoms with Gasteiger partial charge in [0.1, 0.15) is 17.0 Å². The third-order valence-corrected chi connectivity index (χ3v) is 4.97. The van der Waals surface area contributed by atoms with Gasteiger partial charge < -0.3 is 19.1 Å². The van der Waals surface area contributed by atoms with Crippen LogP contribution in [0.15, 0.2) is 46.3 Å². The minimum absolute atomic E-state index is 0.0875. The van der Waals surface area contributed by atoms with Gasteiger partial charge in [-0.25, -0.2) is 9.79 Å². The summed E-state index contributed by atoms with van der Waals surface area (Å²) in [5.41, 5.74) is 4.53. The molecule has 0 saturated heterocycles. The fourth-order valence-electron chi connectivity index (χ4n) is 3.31. The summed E-state index contributed by atoms with van der Waals surface area (Å²) in [4.78, 5) is 16.2. The SMILES string of the molecule is COC(=O)C1=C(O)/C(=C/c2cc(C)n(-c3ccc(OC)c(Cl)c3)c2C)N=C1C. The number of carbonyl (C=O) groups is 1. The van der Waals surface area contributed by atoms with E-state index in [4.69, 9.17) is 21.1 Å². The van der Waals surface area contributed by atoms with E-state index in [9.17, 15) is 9.90 Å². The number of nitrogens with zero attached hydrogens (tertiary/aromatic N) is 2. The molecular formula is C21H21ClN2O4. The van der Waals surface area contributed by atoms with Crippen LogP contribution in [0, 0.1) is 13.8 Å². The lowest BCUT2D eigenvalue weighted by atomic mass is 10.1. The van der Waals surface area contributed by atoms with E-state index in [-0.39, 0.29) is 11.3 Å². The molecule has 0 fully saturated rings. The third kappa shape index (κ3) is 3.31. The Kier molecular flexibility index (Phi) is 5.34. The molecule has 2 heterocycles. The Morgan fingerprint density at radius 2 is 1.93 bits per heavy atom. The van der Waals surface area contributed by atoms with Crippen molar-refractivity contribution in [2.24, 2.45) is 4.99 Å². The van der Waals surface area contributed by atoms with Gasteiger partial charge >= 0.3 is 5.97 Å². The van der Waals surface area contributed by atoms with Crippen molar-refractivity contribution in [3.05, 3.63) is 63.3 Å². The average Bonchev–Trinajstić information content (AvgIpc) is 3.09. The molecule has 6 nitrogen and oxygen atoms in total. The molecule has 0 atom stereocenters. The zero-order valence-corrected chi connectivity index (χ0v) is 17.1. The highest BCUT2D eigenvalue weighted by Gasteiger charge is 2.27. The summed E-state index contributed by atoms with van der Waals surface area (Å²) in [7, 11) is 2.84. The molecule has 0 spiro atoms. The van der Waals surface area contributed by atoms with Crippen LogP contribution < -0.4 is 4.74 Å². The molecule has 0 unspecified atom stereocenters. The fourth-order valence-corrected chi connectivity index (χ4v) is 3.56. The van der Waals surface area contributed by atoms with E-state index in [0.29, 0.717) is 22.2 Å². The maximum absolute atomic E-state index is 11.9. The first kappa shape index (κ1) is 19.8. The van der Waals surface area contributed by atoms with Crippen molar-refractivity contribution in [3.63, 3.8) is 0 Å². The predicted molar refractivity (Wildman–Crippen MR) is 110 cm³/mol. The maximum atomic E-state index is 11.9. The minimum Gasteiger partial charge on any atom is -0.505 e. The van der Waals surface area contributed by atoms with Crippen LogP contribution >= 0.6 is 11.6 Å². The summed E-state index contributed by atoms with van der Waals surface area (Å²) < 4.78 is 12.0. The largest absolute Gasteiger partial charge is 0.505 e. The Morgan fingerprint density at radius 1 is 1.21 bits per heavy atom. The number of hydrogen-bond donors (Lipinski definition) is 1. The monoisotopic (exact) mass is 400 g/mol. The summed E-state index contributed by atoms with van der Waals surface area (Å²) in [5, 5.41) is 10.9. The van der Waals surface area contributed by atoms with E-state index in [0.717, 1.165) is 22.6 Å². The molecule has 1 aliphatic heterocycles. The second-order valence-electron chi connectivity index (χ2n) is 6.42. The van der Waals surface area contributed by atoms with Crippen molar-refractivity contribution in [1.29, 1.82) is 0 Å². The average molecular weight is 401 g/mol. The fraction of sp³-hybridized carbons (Fsp3) is 0.238. The second-order valence-corrected chi connectivity index (χ2v) is 6.83. The predicted octanol–water partition coefficient (Wildman–Crippen LogP) is 4.56. The molecule has 1 aromatic carbocycles. The zero-order valence-electron chi connectivity index (χ0n) is 16.3. The molecule has 7 heteroatoms. The van der Waals surface area contributed by atoms with Gasteiger partial charge in [-0.15, -0.1) is 0 Å². The summed E-state index contributed by atoms with van der Waals surface area (Å²) in [6, 6.07) is 7.55.